The van der Waals surface area contributed by atoms with Gasteiger partial charge in [-0.05, 0) is 25.0 Å². The Hall–Kier alpha value is -0.220. The molecule has 2 fully saturated rings. The normalized spacial score (nSPS) is 28.9. The molecule has 1 atom stereocenters. The molecule has 1 saturated carbocycles. The van der Waals surface area contributed by atoms with Crippen molar-refractivity contribution >= 4 is 17.7 Å². The first-order valence-electron chi connectivity index (χ1n) is 6.36. The molecule has 0 radical (unpaired) electrons. The Morgan fingerprint density at radius 1 is 1.38 bits per heavy atom. The second-order valence-electron chi connectivity index (χ2n) is 5.08. The number of hydrogen-bond acceptors (Lipinski definition) is 3. The summed E-state index contributed by atoms with van der Waals surface area (Å²) >= 11 is 1.93. The van der Waals surface area contributed by atoms with Crippen LogP contribution in [0.3, 0.4) is 0 Å². The fraction of sp³-hybridized carbons (Fsp3) is 0.917. The minimum Gasteiger partial charge on any atom is -0.352 e. The van der Waals surface area contributed by atoms with E-state index in [9.17, 15) is 4.79 Å². The van der Waals surface area contributed by atoms with Crippen LogP contribution < -0.4 is 11.1 Å². The van der Waals surface area contributed by atoms with Gasteiger partial charge in [0.25, 0.3) is 0 Å². The van der Waals surface area contributed by atoms with Gasteiger partial charge < -0.3 is 11.1 Å². The SMILES string of the molecule is NCC1(C(=O)NC2CCSC2)CCCCC1. The third-order valence-electron chi connectivity index (χ3n) is 3.95. The molecule has 0 aromatic rings. The van der Waals surface area contributed by atoms with Gasteiger partial charge in [-0.1, -0.05) is 19.3 Å². The van der Waals surface area contributed by atoms with Crippen molar-refractivity contribution < 1.29 is 4.79 Å². The van der Waals surface area contributed by atoms with Crippen LogP contribution in [0.1, 0.15) is 38.5 Å². The molecule has 1 unspecified atom stereocenters. The summed E-state index contributed by atoms with van der Waals surface area (Å²) in [5, 5.41) is 3.20. The fourth-order valence-corrected chi connectivity index (χ4v) is 3.89. The number of nitrogens with two attached hydrogens (primary N) is 1. The summed E-state index contributed by atoms with van der Waals surface area (Å²) in [5.41, 5.74) is 5.60. The van der Waals surface area contributed by atoms with Gasteiger partial charge in [0.1, 0.15) is 0 Å². The molecule has 0 spiro atoms. The fourth-order valence-electron chi connectivity index (χ4n) is 2.74. The Balaban J connectivity index is 1.94. The van der Waals surface area contributed by atoms with Crippen LogP contribution in [-0.2, 0) is 4.79 Å². The van der Waals surface area contributed by atoms with E-state index in [2.05, 4.69) is 5.32 Å². The molecule has 1 aliphatic heterocycles. The molecule has 1 saturated heterocycles. The monoisotopic (exact) mass is 242 g/mol. The van der Waals surface area contributed by atoms with Crippen molar-refractivity contribution in [2.45, 2.75) is 44.6 Å². The van der Waals surface area contributed by atoms with Crippen molar-refractivity contribution in [2.75, 3.05) is 18.1 Å². The molecule has 3 N–H and O–H groups in total. The van der Waals surface area contributed by atoms with Gasteiger partial charge in [0, 0.05) is 18.3 Å². The van der Waals surface area contributed by atoms with Crippen molar-refractivity contribution in [1.29, 1.82) is 0 Å². The van der Waals surface area contributed by atoms with Crippen LogP contribution in [0.5, 0.6) is 0 Å². The van der Waals surface area contributed by atoms with Gasteiger partial charge in [-0.25, -0.2) is 0 Å². The predicted molar refractivity (Wildman–Crippen MR) is 68.4 cm³/mol. The Kier molecular flexibility index (Phi) is 4.14. The topological polar surface area (TPSA) is 55.1 Å². The van der Waals surface area contributed by atoms with Crippen LogP contribution in [-0.4, -0.2) is 30.0 Å². The summed E-state index contributed by atoms with van der Waals surface area (Å²) in [5.74, 6) is 2.48. The van der Waals surface area contributed by atoms with Crippen molar-refractivity contribution in [3.63, 3.8) is 0 Å². The molecule has 1 aliphatic carbocycles. The van der Waals surface area contributed by atoms with Crippen molar-refractivity contribution in [3.8, 4) is 0 Å². The minimum absolute atomic E-state index is 0.224. The lowest BCUT2D eigenvalue weighted by Gasteiger charge is -2.35. The van der Waals surface area contributed by atoms with Gasteiger partial charge in [0.05, 0.1) is 5.41 Å². The van der Waals surface area contributed by atoms with Gasteiger partial charge in [-0.15, -0.1) is 0 Å². The first-order chi connectivity index (χ1) is 7.77. The van der Waals surface area contributed by atoms with Crippen LogP contribution >= 0.6 is 11.8 Å². The molecule has 92 valence electrons. The number of thioether (sulfide) groups is 1. The lowest BCUT2D eigenvalue weighted by atomic mass is 9.73. The molecule has 0 aromatic carbocycles. The van der Waals surface area contributed by atoms with Crippen LogP contribution in [0.25, 0.3) is 0 Å². The van der Waals surface area contributed by atoms with Gasteiger partial charge in [0.2, 0.25) is 5.91 Å². The summed E-state index contributed by atoms with van der Waals surface area (Å²) in [6, 6.07) is 0.392. The van der Waals surface area contributed by atoms with Crippen LogP contribution in [0.2, 0.25) is 0 Å². The summed E-state index contributed by atoms with van der Waals surface area (Å²) in [7, 11) is 0. The van der Waals surface area contributed by atoms with E-state index in [0.717, 1.165) is 37.9 Å². The largest absolute Gasteiger partial charge is 0.352 e. The van der Waals surface area contributed by atoms with Gasteiger partial charge in [-0.2, -0.15) is 11.8 Å². The van der Waals surface area contributed by atoms with E-state index in [-0.39, 0.29) is 11.3 Å². The first-order valence-corrected chi connectivity index (χ1v) is 7.51. The molecule has 4 heteroatoms. The molecular formula is C12H22N2OS. The highest BCUT2D eigenvalue weighted by molar-refractivity contribution is 7.99. The van der Waals surface area contributed by atoms with E-state index in [1.54, 1.807) is 0 Å². The second-order valence-corrected chi connectivity index (χ2v) is 6.23. The molecule has 0 aromatic heterocycles. The molecule has 2 rings (SSSR count). The molecule has 3 nitrogen and oxygen atoms in total. The zero-order valence-electron chi connectivity index (χ0n) is 9.84. The van der Waals surface area contributed by atoms with E-state index in [1.165, 1.54) is 12.2 Å². The molecular weight excluding hydrogens is 220 g/mol. The molecule has 0 bridgehead atoms. The number of amides is 1. The third-order valence-corrected chi connectivity index (χ3v) is 5.11. The highest BCUT2D eigenvalue weighted by Crippen LogP contribution is 2.36. The Bertz CT molecular complexity index is 245. The Morgan fingerprint density at radius 2 is 2.12 bits per heavy atom. The summed E-state index contributed by atoms with van der Waals surface area (Å²) in [6.45, 7) is 0.513. The van der Waals surface area contributed by atoms with Crippen molar-refractivity contribution in [2.24, 2.45) is 11.1 Å². The van der Waals surface area contributed by atoms with Gasteiger partial charge in [-0.3, -0.25) is 4.79 Å². The molecule has 16 heavy (non-hydrogen) atoms. The molecule has 1 heterocycles. The minimum atomic E-state index is -0.245. The quantitative estimate of drug-likeness (QED) is 0.789. The maximum absolute atomic E-state index is 12.3. The number of carbonyl (C=O) groups excluding carboxylic acids is 1. The number of carbonyl (C=O) groups is 1. The second kappa shape index (κ2) is 5.41. The molecule has 2 aliphatic rings. The lowest BCUT2D eigenvalue weighted by molar-refractivity contribution is -0.133. The number of nitrogens with one attached hydrogen (secondary N) is 1. The first kappa shape index (κ1) is 12.2. The van der Waals surface area contributed by atoms with Crippen LogP contribution in [0.15, 0.2) is 0 Å². The Labute approximate surface area is 102 Å². The van der Waals surface area contributed by atoms with E-state index in [0.29, 0.717) is 12.6 Å². The Morgan fingerprint density at radius 3 is 2.69 bits per heavy atom. The summed E-state index contributed by atoms with van der Waals surface area (Å²) < 4.78 is 0. The smallest absolute Gasteiger partial charge is 0.227 e. The van der Waals surface area contributed by atoms with E-state index in [1.807, 2.05) is 11.8 Å². The number of rotatable bonds is 3. The number of hydrogen-bond donors (Lipinski definition) is 2. The van der Waals surface area contributed by atoms with Crippen molar-refractivity contribution in [3.05, 3.63) is 0 Å². The van der Waals surface area contributed by atoms with E-state index in [4.69, 9.17) is 5.73 Å². The zero-order chi connectivity index (χ0) is 11.4. The highest BCUT2D eigenvalue weighted by Gasteiger charge is 2.39. The van der Waals surface area contributed by atoms with E-state index < -0.39 is 0 Å². The van der Waals surface area contributed by atoms with Crippen LogP contribution in [0.4, 0.5) is 0 Å². The zero-order valence-corrected chi connectivity index (χ0v) is 10.7. The maximum atomic E-state index is 12.3. The standard InChI is InChI=1S/C12H22N2OS/c13-9-12(5-2-1-3-6-12)11(15)14-10-4-7-16-8-10/h10H,1-9,13H2,(H,14,15). The third kappa shape index (κ3) is 2.54. The average molecular weight is 242 g/mol. The summed E-state index contributed by atoms with van der Waals surface area (Å²) in [6.07, 6.45) is 6.66. The van der Waals surface area contributed by atoms with E-state index >= 15 is 0 Å². The highest BCUT2D eigenvalue weighted by atomic mass is 32.2. The van der Waals surface area contributed by atoms with Crippen LogP contribution in [0, 0.1) is 5.41 Å². The average Bonchev–Trinajstić information content (AvgIpc) is 2.82. The van der Waals surface area contributed by atoms with Gasteiger partial charge >= 0.3 is 0 Å². The predicted octanol–water partition coefficient (Wildman–Crippen LogP) is 1.52. The van der Waals surface area contributed by atoms with Gasteiger partial charge in [0.15, 0.2) is 0 Å². The molecule has 1 amide bonds. The van der Waals surface area contributed by atoms with Crippen molar-refractivity contribution in [1.82, 2.24) is 5.32 Å². The maximum Gasteiger partial charge on any atom is 0.227 e. The summed E-state index contributed by atoms with van der Waals surface area (Å²) in [4.78, 5) is 12.3. The lowest BCUT2D eigenvalue weighted by Crippen LogP contribution is -2.50.